The summed E-state index contributed by atoms with van der Waals surface area (Å²) in [5.74, 6) is 0. The Labute approximate surface area is 130 Å². The molecule has 0 saturated carbocycles. The van der Waals surface area contributed by atoms with Crippen molar-refractivity contribution < 1.29 is 9.53 Å². The standard InChI is InChI=1S/C15H25N3O2S/c1-11(13-16-7-10-21-13)18-8-5-12(6-9-18)17-14(19)20-15(2,3)4/h7,10-12H,5-6,8-9H2,1-4H3,(H,17,19)/t11-/m0/s1. The second-order valence-electron chi connectivity index (χ2n) is 6.50. The van der Waals surface area contributed by atoms with Crippen molar-refractivity contribution >= 4 is 17.4 Å². The molecule has 1 aromatic heterocycles. The molecule has 0 bridgehead atoms. The molecule has 1 aliphatic heterocycles. The molecule has 1 fully saturated rings. The number of amides is 1. The SMILES string of the molecule is C[C@@H](c1nccs1)N1CCC(NC(=O)OC(C)(C)C)CC1. The molecular formula is C15H25N3O2S. The van der Waals surface area contributed by atoms with Crippen LogP contribution in [0.4, 0.5) is 4.79 Å². The molecule has 6 heteroatoms. The van der Waals surface area contributed by atoms with Crippen LogP contribution in [0, 0.1) is 0 Å². The van der Waals surface area contributed by atoms with E-state index in [1.165, 1.54) is 0 Å². The summed E-state index contributed by atoms with van der Waals surface area (Å²) in [5.41, 5.74) is -0.440. The number of nitrogens with one attached hydrogen (secondary N) is 1. The summed E-state index contributed by atoms with van der Waals surface area (Å²) in [4.78, 5) is 18.6. The second-order valence-corrected chi connectivity index (χ2v) is 7.43. The molecule has 0 radical (unpaired) electrons. The van der Waals surface area contributed by atoms with E-state index in [1.807, 2.05) is 32.3 Å². The molecule has 1 atom stereocenters. The van der Waals surface area contributed by atoms with E-state index in [2.05, 4.69) is 22.1 Å². The van der Waals surface area contributed by atoms with E-state index >= 15 is 0 Å². The van der Waals surface area contributed by atoms with Gasteiger partial charge in [-0.05, 0) is 40.5 Å². The van der Waals surface area contributed by atoms with Gasteiger partial charge in [0.15, 0.2) is 0 Å². The van der Waals surface area contributed by atoms with Crippen LogP contribution in [0.1, 0.15) is 51.6 Å². The monoisotopic (exact) mass is 311 g/mol. The Balaban J connectivity index is 1.77. The van der Waals surface area contributed by atoms with Crippen LogP contribution in [-0.2, 0) is 4.74 Å². The van der Waals surface area contributed by atoms with Crippen LogP contribution in [0.25, 0.3) is 0 Å². The maximum absolute atomic E-state index is 11.8. The third-order valence-corrected chi connectivity index (χ3v) is 4.55. The molecule has 0 aromatic carbocycles. The zero-order valence-electron chi connectivity index (χ0n) is 13.3. The summed E-state index contributed by atoms with van der Waals surface area (Å²) < 4.78 is 5.30. The third kappa shape index (κ3) is 4.97. The Morgan fingerprint density at radius 3 is 2.67 bits per heavy atom. The minimum atomic E-state index is -0.440. The Bertz CT molecular complexity index is 448. The summed E-state index contributed by atoms with van der Waals surface area (Å²) in [7, 11) is 0. The summed E-state index contributed by atoms with van der Waals surface area (Å²) in [6.45, 7) is 9.78. The van der Waals surface area contributed by atoms with E-state index in [4.69, 9.17) is 4.74 Å². The highest BCUT2D eigenvalue weighted by Gasteiger charge is 2.26. The topological polar surface area (TPSA) is 54.5 Å². The average molecular weight is 311 g/mol. The lowest BCUT2D eigenvalue weighted by Crippen LogP contribution is -2.46. The number of piperidine rings is 1. The van der Waals surface area contributed by atoms with Gasteiger partial charge in [-0.2, -0.15) is 0 Å². The summed E-state index contributed by atoms with van der Waals surface area (Å²) in [5, 5.41) is 6.15. The number of aromatic nitrogens is 1. The normalized spacial score (nSPS) is 19.2. The van der Waals surface area contributed by atoms with Crippen LogP contribution in [0.2, 0.25) is 0 Å². The zero-order chi connectivity index (χ0) is 15.5. The number of ether oxygens (including phenoxy) is 1. The lowest BCUT2D eigenvalue weighted by atomic mass is 10.0. The van der Waals surface area contributed by atoms with Crippen molar-refractivity contribution in [3.05, 3.63) is 16.6 Å². The average Bonchev–Trinajstić information content (AvgIpc) is 2.90. The quantitative estimate of drug-likeness (QED) is 0.931. The lowest BCUT2D eigenvalue weighted by Gasteiger charge is -2.35. The van der Waals surface area contributed by atoms with Crippen LogP contribution in [-0.4, -0.2) is 40.7 Å². The number of carbonyl (C=O) groups excluding carboxylic acids is 1. The van der Waals surface area contributed by atoms with Gasteiger partial charge in [0.2, 0.25) is 0 Å². The van der Waals surface area contributed by atoms with Gasteiger partial charge in [-0.1, -0.05) is 0 Å². The molecule has 1 saturated heterocycles. The number of nitrogens with zero attached hydrogens (tertiary/aromatic N) is 2. The minimum absolute atomic E-state index is 0.208. The summed E-state index contributed by atoms with van der Waals surface area (Å²) in [6.07, 6.45) is 3.45. The minimum Gasteiger partial charge on any atom is -0.444 e. The van der Waals surface area contributed by atoms with Gasteiger partial charge in [0.05, 0.1) is 6.04 Å². The van der Waals surface area contributed by atoms with E-state index in [0.717, 1.165) is 30.9 Å². The third-order valence-electron chi connectivity index (χ3n) is 3.61. The van der Waals surface area contributed by atoms with Gasteiger partial charge >= 0.3 is 6.09 Å². The molecule has 1 aliphatic rings. The molecule has 2 rings (SSSR count). The molecule has 1 amide bonds. The highest BCUT2D eigenvalue weighted by Crippen LogP contribution is 2.25. The Morgan fingerprint density at radius 2 is 2.14 bits per heavy atom. The number of carbonyl (C=O) groups is 1. The molecule has 2 heterocycles. The number of alkyl carbamates (subject to hydrolysis) is 1. The van der Waals surface area contributed by atoms with Gasteiger partial charge in [0.25, 0.3) is 0 Å². The molecule has 1 aromatic rings. The molecule has 118 valence electrons. The van der Waals surface area contributed by atoms with Gasteiger partial charge in [-0.15, -0.1) is 11.3 Å². The van der Waals surface area contributed by atoms with Crippen molar-refractivity contribution in [2.75, 3.05) is 13.1 Å². The van der Waals surface area contributed by atoms with E-state index in [0.29, 0.717) is 6.04 Å². The fourth-order valence-electron chi connectivity index (χ4n) is 2.50. The number of thiazole rings is 1. The first-order valence-electron chi connectivity index (χ1n) is 7.48. The molecule has 0 unspecified atom stereocenters. The maximum atomic E-state index is 11.8. The van der Waals surface area contributed by atoms with Gasteiger partial charge in [0, 0.05) is 30.7 Å². The lowest BCUT2D eigenvalue weighted by molar-refractivity contribution is 0.0470. The highest BCUT2D eigenvalue weighted by atomic mass is 32.1. The van der Waals surface area contributed by atoms with Crippen molar-refractivity contribution in [2.45, 2.75) is 58.2 Å². The number of rotatable bonds is 3. The van der Waals surface area contributed by atoms with Gasteiger partial charge < -0.3 is 10.1 Å². The van der Waals surface area contributed by atoms with Gasteiger partial charge in [0.1, 0.15) is 10.6 Å². The van der Waals surface area contributed by atoms with Crippen LogP contribution >= 0.6 is 11.3 Å². The first kappa shape index (κ1) is 16.2. The van der Waals surface area contributed by atoms with Crippen LogP contribution in [0.3, 0.4) is 0 Å². The Hall–Kier alpha value is -1.14. The van der Waals surface area contributed by atoms with E-state index in [9.17, 15) is 4.79 Å². The second kappa shape index (κ2) is 6.75. The Kier molecular flexibility index (Phi) is 5.22. The van der Waals surface area contributed by atoms with Crippen molar-refractivity contribution in [1.29, 1.82) is 0 Å². The molecule has 0 spiro atoms. The summed E-state index contributed by atoms with van der Waals surface area (Å²) >= 11 is 1.70. The fraction of sp³-hybridized carbons (Fsp3) is 0.733. The largest absolute Gasteiger partial charge is 0.444 e. The maximum Gasteiger partial charge on any atom is 0.407 e. The van der Waals surface area contributed by atoms with Gasteiger partial charge in [-0.3, -0.25) is 4.90 Å². The van der Waals surface area contributed by atoms with Crippen molar-refractivity contribution in [1.82, 2.24) is 15.2 Å². The summed E-state index contributed by atoms with van der Waals surface area (Å²) in [6, 6.07) is 0.562. The number of likely N-dealkylation sites (tertiary alicyclic amines) is 1. The van der Waals surface area contributed by atoms with Crippen molar-refractivity contribution in [3.63, 3.8) is 0 Å². The van der Waals surface area contributed by atoms with Crippen LogP contribution < -0.4 is 5.32 Å². The van der Waals surface area contributed by atoms with Crippen LogP contribution in [0.5, 0.6) is 0 Å². The van der Waals surface area contributed by atoms with E-state index in [1.54, 1.807) is 11.3 Å². The van der Waals surface area contributed by atoms with Gasteiger partial charge in [-0.25, -0.2) is 9.78 Å². The van der Waals surface area contributed by atoms with E-state index < -0.39 is 5.60 Å². The highest BCUT2D eigenvalue weighted by molar-refractivity contribution is 7.09. The molecule has 1 N–H and O–H groups in total. The molecule has 5 nitrogen and oxygen atoms in total. The van der Waals surface area contributed by atoms with Crippen molar-refractivity contribution in [2.24, 2.45) is 0 Å². The Morgan fingerprint density at radius 1 is 1.48 bits per heavy atom. The zero-order valence-corrected chi connectivity index (χ0v) is 14.1. The first-order valence-corrected chi connectivity index (χ1v) is 8.36. The fourth-order valence-corrected chi connectivity index (χ4v) is 3.23. The first-order chi connectivity index (χ1) is 9.85. The van der Waals surface area contributed by atoms with E-state index in [-0.39, 0.29) is 12.1 Å². The molecule has 21 heavy (non-hydrogen) atoms. The number of hydrogen-bond acceptors (Lipinski definition) is 5. The van der Waals surface area contributed by atoms with Crippen LogP contribution in [0.15, 0.2) is 11.6 Å². The molecular weight excluding hydrogens is 286 g/mol. The predicted molar refractivity (Wildman–Crippen MR) is 84.5 cm³/mol. The molecule has 0 aliphatic carbocycles. The number of hydrogen-bond donors (Lipinski definition) is 1. The predicted octanol–water partition coefficient (Wildman–Crippen LogP) is 3.19. The van der Waals surface area contributed by atoms with Crippen molar-refractivity contribution in [3.8, 4) is 0 Å². The smallest absolute Gasteiger partial charge is 0.407 e.